The van der Waals surface area contributed by atoms with E-state index in [9.17, 15) is 18.4 Å². The Hall–Kier alpha value is -3.04. The topological polar surface area (TPSA) is 45.9 Å². The van der Waals surface area contributed by atoms with E-state index < -0.39 is 23.2 Å². The largest absolute Gasteiger partial charge is 0.438 e. The first-order chi connectivity index (χ1) is 12.4. The highest BCUT2D eigenvalue weighted by atomic mass is 35.5. The van der Waals surface area contributed by atoms with Crippen LogP contribution in [0.2, 0.25) is 5.02 Å². The van der Waals surface area contributed by atoms with E-state index >= 15 is 0 Å². The number of rotatable bonds is 3. The van der Waals surface area contributed by atoms with E-state index in [0.29, 0.717) is 10.6 Å². The molecule has 0 atom stereocenters. The van der Waals surface area contributed by atoms with Gasteiger partial charge in [-0.1, -0.05) is 41.9 Å². The van der Waals surface area contributed by atoms with Crippen molar-refractivity contribution in [2.45, 2.75) is 6.18 Å². The Morgan fingerprint density at radius 2 is 1.65 bits per heavy atom. The summed E-state index contributed by atoms with van der Waals surface area (Å²) < 4.78 is 45.8. The average molecular weight is 375 g/mol. The van der Waals surface area contributed by atoms with Gasteiger partial charge in [0.25, 0.3) is 0 Å². The number of alkyl halides is 3. The van der Waals surface area contributed by atoms with Gasteiger partial charge in [-0.25, -0.2) is 4.98 Å². The lowest BCUT2D eigenvalue weighted by atomic mass is 10.0. The van der Waals surface area contributed by atoms with Crippen molar-refractivity contribution in [2.75, 3.05) is 0 Å². The quantitative estimate of drug-likeness (QED) is 0.557. The Morgan fingerprint density at radius 1 is 1.00 bits per heavy atom. The molecule has 0 N–H and O–H groups in total. The van der Waals surface area contributed by atoms with Crippen LogP contribution < -0.4 is 4.74 Å². The highest BCUT2D eigenvalue weighted by Crippen LogP contribution is 2.38. The van der Waals surface area contributed by atoms with E-state index in [0.717, 1.165) is 6.07 Å². The van der Waals surface area contributed by atoms with Crippen molar-refractivity contribution in [2.24, 2.45) is 0 Å². The smallest absolute Gasteiger partial charge is 0.417 e. The second-order valence-electron chi connectivity index (χ2n) is 5.27. The van der Waals surface area contributed by atoms with Crippen LogP contribution in [0.25, 0.3) is 11.3 Å². The van der Waals surface area contributed by atoms with Crippen LogP contribution in [0.4, 0.5) is 13.2 Å². The predicted octanol–water partition coefficient (Wildman–Crippen LogP) is 6.08. The zero-order chi connectivity index (χ0) is 18.7. The minimum Gasteiger partial charge on any atom is -0.438 e. The zero-order valence-corrected chi connectivity index (χ0v) is 13.8. The molecule has 0 fully saturated rings. The molecule has 0 unspecified atom stereocenters. The minimum absolute atomic E-state index is 0.0564. The highest BCUT2D eigenvalue weighted by Gasteiger charge is 2.36. The molecule has 0 saturated carbocycles. The van der Waals surface area contributed by atoms with Crippen molar-refractivity contribution < 1.29 is 17.9 Å². The van der Waals surface area contributed by atoms with Crippen molar-refractivity contribution in [3.63, 3.8) is 0 Å². The van der Waals surface area contributed by atoms with Crippen LogP contribution in [0.5, 0.6) is 11.6 Å². The molecule has 3 aromatic rings. The molecule has 7 heteroatoms. The number of ether oxygens (including phenoxy) is 1. The zero-order valence-electron chi connectivity index (χ0n) is 13.1. The van der Waals surface area contributed by atoms with Crippen LogP contribution in [-0.2, 0) is 6.18 Å². The number of nitriles is 1. The molecule has 130 valence electrons. The molecule has 2 aromatic carbocycles. The van der Waals surface area contributed by atoms with Crippen molar-refractivity contribution in [1.29, 1.82) is 5.26 Å². The number of nitrogens with zero attached hydrogens (tertiary/aromatic N) is 2. The molecular formula is C19H10ClF3N2O. The third kappa shape index (κ3) is 3.79. The van der Waals surface area contributed by atoms with Crippen LogP contribution >= 0.6 is 11.6 Å². The van der Waals surface area contributed by atoms with E-state index in [4.69, 9.17) is 16.3 Å². The Labute approximate surface area is 152 Å². The molecule has 0 aliphatic rings. The third-order valence-electron chi connectivity index (χ3n) is 3.50. The molecule has 0 aliphatic carbocycles. The lowest BCUT2D eigenvalue weighted by Crippen LogP contribution is -2.10. The molecule has 0 amide bonds. The van der Waals surface area contributed by atoms with Crippen LogP contribution in [0, 0.1) is 11.3 Å². The van der Waals surface area contributed by atoms with Gasteiger partial charge in [0.2, 0.25) is 5.88 Å². The summed E-state index contributed by atoms with van der Waals surface area (Å²) in [7, 11) is 0. The maximum absolute atomic E-state index is 13.5. The first kappa shape index (κ1) is 17.8. The maximum atomic E-state index is 13.5. The lowest BCUT2D eigenvalue weighted by Gasteiger charge is -2.15. The second kappa shape index (κ2) is 7.06. The van der Waals surface area contributed by atoms with Gasteiger partial charge in [0.15, 0.2) is 0 Å². The maximum Gasteiger partial charge on any atom is 0.417 e. The van der Waals surface area contributed by atoms with E-state index in [1.807, 2.05) is 0 Å². The van der Waals surface area contributed by atoms with Gasteiger partial charge in [-0.15, -0.1) is 0 Å². The Bertz CT molecular complexity index is 965. The predicted molar refractivity (Wildman–Crippen MR) is 90.9 cm³/mol. The van der Waals surface area contributed by atoms with Crippen molar-refractivity contribution >= 4 is 11.6 Å². The molecular weight excluding hydrogens is 365 g/mol. The van der Waals surface area contributed by atoms with Gasteiger partial charge in [0.1, 0.15) is 17.4 Å². The summed E-state index contributed by atoms with van der Waals surface area (Å²) in [6, 6.07) is 16.8. The Balaban J connectivity index is 2.17. The third-order valence-corrected chi connectivity index (χ3v) is 3.75. The van der Waals surface area contributed by atoms with Crippen molar-refractivity contribution in [1.82, 2.24) is 4.98 Å². The van der Waals surface area contributed by atoms with Gasteiger partial charge in [-0.3, -0.25) is 0 Å². The summed E-state index contributed by atoms with van der Waals surface area (Å²) in [6.07, 6.45) is -4.73. The first-order valence-electron chi connectivity index (χ1n) is 7.39. The van der Waals surface area contributed by atoms with E-state index in [1.165, 1.54) is 24.3 Å². The van der Waals surface area contributed by atoms with E-state index in [2.05, 4.69) is 4.98 Å². The molecule has 3 nitrogen and oxygen atoms in total. The summed E-state index contributed by atoms with van der Waals surface area (Å²) in [5.41, 5.74) is -1.24. The molecule has 0 aliphatic heterocycles. The first-order valence-corrected chi connectivity index (χ1v) is 7.77. The number of hydrogen-bond acceptors (Lipinski definition) is 3. The molecule has 1 aromatic heterocycles. The van der Waals surface area contributed by atoms with Gasteiger partial charge >= 0.3 is 6.18 Å². The van der Waals surface area contributed by atoms with E-state index in [1.54, 1.807) is 36.4 Å². The average Bonchev–Trinajstić information content (AvgIpc) is 2.63. The number of hydrogen-bond donors (Lipinski definition) is 0. The number of aromatic nitrogens is 1. The molecule has 26 heavy (non-hydrogen) atoms. The molecule has 0 bridgehead atoms. The number of benzene rings is 2. The molecule has 1 heterocycles. The molecule has 3 rings (SSSR count). The monoisotopic (exact) mass is 374 g/mol. The Morgan fingerprint density at radius 3 is 2.23 bits per heavy atom. The number of halogens is 4. The summed E-state index contributed by atoms with van der Waals surface area (Å²) in [5, 5.41) is 9.70. The Kier molecular flexibility index (Phi) is 4.83. The van der Waals surface area contributed by atoms with Crippen LogP contribution in [-0.4, -0.2) is 4.98 Å². The fourth-order valence-corrected chi connectivity index (χ4v) is 2.42. The van der Waals surface area contributed by atoms with Crippen LogP contribution in [0.15, 0.2) is 60.7 Å². The highest BCUT2D eigenvalue weighted by molar-refractivity contribution is 6.30. The fraction of sp³-hybridized carbons (Fsp3) is 0.0526. The van der Waals surface area contributed by atoms with Gasteiger partial charge in [-0.05, 0) is 30.3 Å². The van der Waals surface area contributed by atoms with Crippen molar-refractivity contribution in [3.8, 4) is 29.0 Å². The van der Waals surface area contributed by atoms with E-state index in [-0.39, 0.29) is 11.4 Å². The summed E-state index contributed by atoms with van der Waals surface area (Å²) in [6.45, 7) is 0. The van der Waals surface area contributed by atoms with Crippen LogP contribution in [0.3, 0.4) is 0 Å². The summed E-state index contributed by atoms with van der Waals surface area (Å²) in [5.74, 6) is -0.194. The SMILES string of the molecule is N#Cc1c(C(F)(F)F)cc(-c2ccccc2)nc1Oc1ccc(Cl)cc1. The minimum atomic E-state index is -4.73. The van der Waals surface area contributed by atoms with Crippen molar-refractivity contribution in [3.05, 3.63) is 76.8 Å². The number of pyridine rings is 1. The lowest BCUT2D eigenvalue weighted by molar-refractivity contribution is -0.137. The molecule has 0 radical (unpaired) electrons. The normalized spacial score (nSPS) is 11.0. The summed E-state index contributed by atoms with van der Waals surface area (Å²) in [4.78, 5) is 4.13. The standard InChI is InChI=1S/C19H10ClF3N2O/c20-13-6-8-14(9-7-13)26-18-15(11-24)16(19(21,22)23)10-17(25-18)12-4-2-1-3-5-12/h1-10H. The molecule has 0 saturated heterocycles. The summed E-state index contributed by atoms with van der Waals surface area (Å²) >= 11 is 5.79. The van der Waals surface area contributed by atoms with Gasteiger partial charge in [0, 0.05) is 10.6 Å². The second-order valence-corrected chi connectivity index (χ2v) is 5.70. The van der Waals surface area contributed by atoms with Gasteiger partial charge in [0.05, 0.1) is 11.3 Å². The molecule has 0 spiro atoms. The van der Waals surface area contributed by atoms with Gasteiger partial charge < -0.3 is 4.74 Å². The van der Waals surface area contributed by atoms with Gasteiger partial charge in [-0.2, -0.15) is 18.4 Å². The fourth-order valence-electron chi connectivity index (χ4n) is 2.30. The van der Waals surface area contributed by atoms with Crippen LogP contribution in [0.1, 0.15) is 11.1 Å².